The number of likely N-dealkylation sites (tertiary alicyclic amines) is 1. The van der Waals surface area contributed by atoms with E-state index in [1.807, 2.05) is 23.2 Å². The van der Waals surface area contributed by atoms with Crippen molar-refractivity contribution in [3.8, 4) is 0 Å². The van der Waals surface area contributed by atoms with Crippen LogP contribution in [0.1, 0.15) is 41.2 Å². The third kappa shape index (κ3) is 6.60. The molecule has 2 fully saturated rings. The van der Waals surface area contributed by atoms with Gasteiger partial charge in [0, 0.05) is 30.6 Å². The molecule has 8 heteroatoms. The number of carbonyl (C=O) groups is 2. The van der Waals surface area contributed by atoms with Crippen LogP contribution in [0.4, 0.5) is 9.18 Å². The number of hydrogen-bond acceptors (Lipinski definition) is 6. The summed E-state index contributed by atoms with van der Waals surface area (Å²) < 4.78 is 18.4. The molecule has 0 bridgehead atoms. The van der Waals surface area contributed by atoms with Crippen LogP contribution in [0.5, 0.6) is 0 Å². The first-order chi connectivity index (χ1) is 16.1. The Morgan fingerprint density at radius 3 is 2.52 bits per heavy atom. The average Bonchev–Trinajstić information content (AvgIpc) is 3.31. The van der Waals surface area contributed by atoms with Gasteiger partial charge in [-0.05, 0) is 62.2 Å². The molecule has 0 aliphatic carbocycles. The van der Waals surface area contributed by atoms with Gasteiger partial charge in [-0.3, -0.25) is 15.5 Å². The Bertz CT molecular complexity index is 917. The molecule has 2 saturated heterocycles. The molecule has 2 aliphatic heterocycles. The summed E-state index contributed by atoms with van der Waals surface area (Å²) in [6.45, 7) is 4.11. The summed E-state index contributed by atoms with van der Waals surface area (Å²) in [5.41, 5.74) is 4.56. The van der Waals surface area contributed by atoms with Gasteiger partial charge in [0.1, 0.15) is 5.82 Å². The van der Waals surface area contributed by atoms with Crippen LogP contribution in [-0.2, 0) is 4.74 Å². The first kappa shape index (κ1) is 23.4. The maximum absolute atomic E-state index is 13.1. The van der Waals surface area contributed by atoms with Crippen LogP contribution < -0.4 is 10.7 Å². The fourth-order valence-electron chi connectivity index (χ4n) is 4.45. The number of piperidine rings is 1. The van der Waals surface area contributed by atoms with Crippen molar-refractivity contribution in [3.63, 3.8) is 0 Å². The highest BCUT2D eigenvalue weighted by Gasteiger charge is 2.26. The summed E-state index contributed by atoms with van der Waals surface area (Å²) in [4.78, 5) is 27.0. The lowest BCUT2D eigenvalue weighted by atomic mass is 9.89. The largest absolute Gasteiger partial charge is 0.449 e. The highest BCUT2D eigenvalue weighted by atomic mass is 19.1. The molecule has 0 aromatic heterocycles. The summed E-state index contributed by atoms with van der Waals surface area (Å²) in [6, 6.07) is 16.1. The first-order valence-corrected chi connectivity index (χ1v) is 11.6. The van der Waals surface area contributed by atoms with Gasteiger partial charge in [0.2, 0.25) is 0 Å². The number of benzene rings is 2. The molecule has 0 saturated carbocycles. The summed E-state index contributed by atoms with van der Waals surface area (Å²) in [7, 11) is 0. The van der Waals surface area contributed by atoms with E-state index in [0.717, 1.165) is 38.9 Å². The maximum Gasteiger partial charge on any atom is 0.421 e. The summed E-state index contributed by atoms with van der Waals surface area (Å²) in [5, 5.41) is 5.19. The number of nitrogens with one attached hydrogen (secondary N) is 2. The predicted octanol–water partition coefficient (Wildman–Crippen LogP) is 3.36. The molecule has 176 valence electrons. The molecule has 7 nitrogen and oxygen atoms in total. The van der Waals surface area contributed by atoms with Crippen LogP contribution in [0.3, 0.4) is 0 Å². The van der Waals surface area contributed by atoms with Gasteiger partial charge in [-0.15, -0.1) is 0 Å². The number of halogens is 1. The molecule has 1 amide bonds. The zero-order valence-electron chi connectivity index (χ0n) is 18.7. The van der Waals surface area contributed by atoms with Gasteiger partial charge < -0.3 is 9.64 Å². The number of carbonyl (C=O) groups excluding carboxylic acids is 2. The number of Topliss-reactive ketones (excluding diaryl/α,β-unsaturated/α-hetero) is 1. The molecule has 2 aromatic carbocycles. The van der Waals surface area contributed by atoms with Gasteiger partial charge in [0.05, 0.1) is 13.3 Å². The predicted molar refractivity (Wildman–Crippen MR) is 123 cm³/mol. The number of hydrazine groups is 1. The molecule has 2 aliphatic rings. The molecule has 2 N–H and O–H groups in total. The third-order valence-electron chi connectivity index (χ3n) is 6.32. The normalized spacial score (nSPS) is 20.0. The minimum Gasteiger partial charge on any atom is -0.449 e. The molecule has 33 heavy (non-hydrogen) atoms. The molecule has 2 aromatic rings. The fraction of sp³-hybridized carbons (Fsp3) is 0.440. The number of amides is 1. The van der Waals surface area contributed by atoms with Gasteiger partial charge in [0.15, 0.2) is 5.78 Å². The summed E-state index contributed by atoms with van der Waals surface area (Å²) >= 11 is 0. The van der Waals surface area contributed by atoms with Crippen molar-refractivity contribution in [2.45, 2.75) is 25.3 Å². The molecule has 0 radical (unpaired) electrons. The lowest BCUT2D eigenvalue weighted by molar-refractivity contribution is 0.0819. The van der Waals surface area contributed by atoms with Crippen LogP contribution >= 0.6 is 0 Å². The maximum atomic E-state index is 13.1. The van der Waals surface area contributed by atoms with E-state index in [1.54, 1.807) is 12.1 Å². The Balaban J connectivity index is 1.08. The average molecular weight is 455 g/mol. The topological polar surface area (TPSA) is 73.9 Å². The molecular formula is C25H31FN4O3. The molecule has 1 atom stereocenters. The van der Waals surface area contributed by atoms with Crippen LogP contribution in [0.2, 0.25) is 0 Å². The quantitative estimate of drug-likeness (QED) is 0.471. The molecule has 2 heterocycles. The van der Waals surface area contributed by atoms with Crippen molar-refractivity contribution in [2.75, 3.05) is 39.5 Å². The van der Waals surface area contributed by atoms with Crippen molar-refractivity contribution >= 4 is 11.9 Å². The van der Waals surface area contributed by atoms with Crippen molar-refractivity contribution < 1.29 is 18.7 Å². The molecule has 0 spiro atoms. The van der Waals surface area contributed by atoms with Gasteiger partial charge >= 0.3 is 6.09 Å². The second-order valence-electron chi connectivity index (χ2n) is 8.64. The monoisotopic (exact) mass is 454 g/mol. The van der Waals surface area contributed by atoms with E-state index >= 15 is 0 Å². The standard InChI is InChI=1S/C25H31FN4O3/c26-22-9-7-20(8-10-22)24(31)21-11-14-29(15-12-21)13-4-16-33-25(32)28-30-17-23(27-18-30)19-5-2-1-3-6-19/h1-3,5-10,21,23,27H,4,11-18H2,(H,28,32). The Morgan fingerprint density at radius 2 is 1.79 bits per heavy atom. The second-order valence-corrected chi connectivity index (χ2v) is 8.64. The van der Waals surface area contributed by atoms with Crippen molar-refractivity contribution in [2.24, 2.45) is 5.92 Å². The minimum atomic E-state index is -0.436. The first-order valence-electron chi connectivity index (χ1n) is 11.6. The van der Waals surface area contributed by atoms with Gasteiger partial charge in [0.25, 0.3) is 0 Å². The van der Waals surface area contributed by atoms with Crippen molar-refractivity contribution in [1.82, 2.24) is 20.7 Å². The Kier molecular flexibility index (Phi) is 8.04. The Hall–Kier alpha value is -2.81. The molecule has 1 unspecified atom stereocenters. The van der Waals surface area contributed by atoms with E-state index in [1.165, 1.54) is 17.7 Å². The Labute approximate surface area is 193 Å². The zero-order valence-corrected chi connectivity index (χ0v) is 18.7. The third-order valence-corrected chi connectivity index (χ3v) is 6.32. The number of nitrogens with zero attached hydrogens (tertiary/aromatic N) is 2. The van der Waals surface area contributed by atoms with Crippen LogP contribution in [0.15, 0.2) is 54.6 Å². The number of rotatable bonds is 8. The fourth-order valence-corrected chi connectivity index (χ4v) is 4.45. The smallest absolute Gasteiger partial charge is 0.421 e. The lowest BCUT2D eigenvalue weighted by Crippen LogP contribution is -2.42. The summed E-state index contributed by atoms with van der Waals surface area (Å²) in [5.74, 6) is -0.242. The SMILES string of the molecule is O=C(NN1CNC(c2ccccc2)C1)OCCCN1CCC(C(=O)c2ccc(F)cc2)CC1. The van der Waals surface area contributed by atoms with E-state index in [-0.39, 0.29) is 23.6 Å². The number of ether oxygens (including phenoxy) is 1. The second kappa shape index (κ2) is 11.4. The number of ketones is 1. The van der Waals surface area contributed by atoms with Gasteiger partial charge in [-0.2, -0.15) is 0 Å². The van der Waals surface area contributed by atoms with Crippen LogP contribution in [0.25, 0.3) is 0 Å². The van der Waals surface area contributed by atoms with E-state index in [4.69, 9.17) is 4.74 Å². The lowest BCUT2D eigenvalue weighted by Gasteiger charge is -2.31. The molecular weight excluding hydrogens is 423 g/mol. The molecule has 4 rings (SSSR count). The van der Waals surface area contributed by atoms with E-state index in [9.17, 15) is 14.0 Å². The van der Waals surface area contributed by atoms with Crippen molar-refractivity contribution in [1.29, 1.82) is 0 Å². The van der Waals surface area contributed by atoms with Gasteiger partial charge in [-0.25, -0.2) is 14.2 Å². The van der Waals surface area contributed by atoms with Gasteiger partial charge in [-0.1, -0.05) is 30.3 Å². The Morgan fingerprint density at radius 1 is 1.06 bits per heavy atom. The van der Waals surface area contributed by atoms with E-state index in [0.29, 0.717) is 25.4 Å². The minimum absolute atomic E-state index is 0.0116. The zero-order chi connectivity index (χ0) is 23.0. The highest BCUT2D eigenvalue weighted by molar-refractivity contribution is 5.97. The number of hydrogen-bond donors (Lipinski definition) is 2. The van der Waals surface area contributed by atoms with Crippen molar-refractivity contribution in [3.05, 3.63) is 71.5 Å². The van der Waals surface area contributed by atoms with E-state index in [2.05, 4.69) is 27.8 Å². The summed E-state index contributed by atoms with van der Waals surface area (Å²) in [6.07, 6.45) is 1.90. The van der Waals surface area contributed by atoms with E-state index < -0.39 is 6.09 Å². The van der Waals surface area contributed by atoms with Crippen LogP contribution in [0, 0.1) is 11.7 Å². The van der Waals surface area contributed by atoms with Crippen LogP contribution in [-0.4, -0.2) is 61.2 Å². The highest BCUT2D eigenvalue weighted by Crippen LogP contribution is 2.22.